The van der Waals surface area contributed by atoms with Gasteiger partial charge in [-0.3, -0.25) is 0 Å². The van der Waals surface area contributed by atoms with E-state index in [9.17, 15) is 0 Å². The molecule has 1 fully saturated rings. The van der Waals surface area contributed by atoms with Gasteiger partial charge in [-0.2, -0.15) is 0 Å². The molecular formula is C14H22N2. The first-order chi connectivity index (χ1) is 7.88. The van der Waals surface area contributed by atoms with E-state index in [-0.39, 0.29) is 0 Å². The molecular weight excluding hydrogens is 196 g/mol. The van der Waals surface area contributed by atoms with Crippen LogP contribution in [0, 0.1) is 5.92 Å². The van der Waals surface area contributed by atoms with E-state index in [0.717, 1.165) is 18.9 Å². The molecule has 1 heterocycles. The molecule has 0 amide bonds. The van der Waals surface area contributed by atoms with Gasteiger partial charge in [-0.15, -0.1) is 0 Å². The van der Waals surface area contributed by atoms with Crippen LogP contribution in [-0.4, -0.2) is 31.1 Å². The summed E-state index contributed by atoms with van der Waals surface area (Å²) in [5.41, 5.74) is 7.19. The van der Waals surface area contributed by atoms with Crippen LogP contribution in [0.1, 0.15) is 18.4 Å². The first kappa shape index (κ1) is 11.6. The van der Waals surface area contributed by atoms with Crippen molar-refractivity contribution in [3.8, 4) is 0 Å². The third kappa shape index (κ3) is 3.32. The highest BCUT2D eigenvalue weighted by molar-refractivity contribution is 5.14. The molecule has 1 aliphatic heterocycles. The van der Waals surface area contributed by atoms with E-state index < -0.39 is 0 Å². The SMILES string of the molecule is NC[C@@H]1CCCN(CCc2ccccc2)C1. The van der Waals surface area contributed by atoms with Crippen LogP contribution in [0.5, 0.6) is 0 Å². The Hall–Kier alpha value is -0.860. The molecule has 2 heteroatoms. The quantitative estimate of drug-likeness (QED) is 0.836. The predicted molar refractivity (Wildman–Crippen MR) is 68.4 cm³/mol. The highest BCUT2D eigenvalue weighted by Gasteiger charge is 2.17. The Bertz CT molecular complexity index is 297. The molecule has 0 aromatic heterocycles. The van der Waals surface area contributed by atoms with Crippen molar-refractivity contribution in [2.75, 3.05) is 26.2 Å². The van der Waals surface area contributed by atoms with Crippen molar-refractivity contribution < 1.29 is 0 Å². The van der Waals surface area contributed by atoms with Crippen molar-refractivity contribution in [3.05, 3.63) is 35.9 Å². The minimum atomic E-state index is 0.726. The van der Waals surface area contributed by atoms with Crippen LogP contribution >= 0.6 is 0 Å². The van der Waals surface area contributed by atoms with Crippen molar-refractivity contribution in [1.29, 1.82) is 0 Å². The zero-order valence-corrected chi connectivity index (χ0v) is 9.94. The molecule has 0 spiro atoms. The van der Waals surface area contributed by atoms with Crippen molar-refractivity contribution in [3.63, 3.8) is 0 Å². The largest absolute Gasteiger partial charge is 0.330 e. The monoisotopic (exact) mass is 218 g/mol. The Balaban J connectivity index is 1.77. The number of rotatable bonds is 4. The van der Waals surface area contributed by atoms with Crippen molar-refractivity contribution >= 4 is 0 Å². The van der Waals surface area contributed by atoms with Gasteiger partial charge in [-0.25, -0.2) is 0 Å². The van der Waals surface area contributed by atoms with Crippen LogP contribution in [0.25, 0.3) is 0 Å². The topological polar surface area (TPSA) is 29.3 Å². The molecule has 0 unspecified atom stereocenters. The lowest BCUT2D eigenvalue weighted by Crippen LogP contribution is -2.39. The van der Waals surface area contributed by atoms with E-state index in [1.54, 1.807) is 0 Å². The summed E-state index contributed by atoms with van der Waals surface area (Å²) in [6.45, 7) is 4.48. The van der Waals surface area contributed by atoms with E-state index in [4.69, 9.17) is 5.73 Å². The van der Waals surface area contributed by atoms with E-state index in [1.807, 2.05) is 0 Å². The molecule has 1 aliphatic rings. The lowest BCUT2D eigenvalue weighted by Gasteiger charge is -2.32. The summed E-state index contributed by atoms with van der Waals surface area (Å²) in [7, 11) is 0. The molecule has 0 aliphatic carbocycles. The van der Waals surface area contributed by atoms with E-state index in [2.05, 4.69) is 35.2 Å². The number of nitrogens with zero attached hydrogens (tertiary/aromatic N) is 1. The lowest BCUT2D eigenvalue weighted by molar-refractivity contribution is 0.180. The van der Waals surface area contributed by atoms with Gasteiger partial charge in [-0.05, 0) is 43.8 Å². The second-order valence-corrected chi connectivity index (χ2v) is 4.78. The van der Waals surface area contributed by atoms with E-state index >= 15 is 0 Å². The summed E-state index contributed by atoms with van der Waals surface area (Å²) in [5.74, 6) is 0.726. The van der Waals surface area contributed by atoms with Crippen LogP contribution in [-0.2, 0) is 6.42 Å². The summed E-state index contributed by atoms with van der Waals surface area (Å²) < 4.78 is 0. The third-order valence-electron chi connectivity index (χ3n) is 3.50. The summed E-state index contributed by atoms with van der Waals surface area (Å²) >= 11 is 0. The van der Waals surface area contributed by atoms with Gasteiger partial charge in [0, 0.05) is 13.1 Å². The molecule has 1 aromatic rings. The normalized spacial score (nSPS) is 22.2. The minimum absolute atomic E-state index is 0.726. The molecule has 2 rings (SSSR count). The molecule has 0 radical (unpaired) electrons. The zero-order chi connectivity index (χ0) is 11.2. The molecule has 16 heavy (non-hydrogen) atoms. The highest BCUT2D eigenvalue weighted by atomic mass is 15.1. The molecule has 0 saturated carbocycles. The average Bonchev–Trinajstić information content (AvgIpc) is 2.38. The Kier molecular flexibility index (Phi) is 4.37. The summed E-state index contributed by atoms with van der Waals surface area (Å²) in [6, 6.07) is 10.7. The molecule has 1 saturated heterocycles. The maximum absolute atomic E-state index is 5.75. The van der Waals surface area contributed by atoms with Gasteiger partial charge < -0.3 is 10.6 Å². The molecule has 2 nitrogen and oxygen atoms in total. The number of nitrogens with two attached hydrogens (primary N) is 1. The van der Waals surface area contributed by atoms with Gasteiger partial charge in [-0.1, -0.05) is 30.3 Å². The number of hydrogen-bond acceptors (Lipinski definition) is 2. The Morgan fingerprint density at radius 1 is 1.25 bits per heavy atom. The number of piperidine rings is 1. The molecule has 1 atom stereocenters. The van der Waals surface area contributed by atoms with Crippen molar-refractivity contribution in [1.82, 2.24) is 4.90 Å². The lowest BCUT2D eigenvalue weighted by atomic mass is 9.98. The fourth-order valence-electron chi connectivity index (χ4n) is 2.48. The molecule has 2 N–H and O–H groups in total. The average molecular weight is 218 g/mol. The van der Waals surface area contributed by atoms with Crippen LogP contribution in [0.3, 0.4) is 0 Å². The number of hydrogen-bond donors (Lipinski definition) is 1. The third-order valence-corrected chi connectivity index (χ3v) is 3.50. The summed E-state index contributed by atoms with van der Waals surface area (Å²) in [6.07, 6.45) is 3.80. The van der Waals surface area contributed by atoms with Crippen molar-refractivity contribution in [2.45, 2.75) is 19.3 Å². The predicted octanol–water partition coefficient (Wildman–Crippen LogP) is 1.90. The highest BCUT2D eigenvalue weighted by Crippen LogP contribution is 2.15. The molecule has 1 aromatic carbocycles. The fourth-order valence-corrected chi connectivity index (χ4v) is 2.48. The van der Waals surface area contributed by atoms with Crippen LogP contribution in [0.15, 0.2) is 30.3 Å². The second kappa shape index (κ2) is 6.02. The van der Waals surface area contributed by atoms with Crippen molar-refractivity contribution in [2.24, 2.45) is 11.7 Å². The van der Waals surface area contributed by atoms with Crippen LogP contribution < -0.4 is 5.73 Å². The van der Waals surface area contributed by atoms with Gasteiger partial charge in [0.2, 0.25) is 0 Å². The van der Waals surface area contributed by atoms with Gasteiger partial charge in [0.15, 0.2) is 0 Å². The first-order valence-electron chi connectivity index (χ1n) is 6.35. The Labute approximate surface area is 98.4 Å². The Morgan fingerprint density at radius 2 is 2.06 bits per heavy atom. The van der Waals surface area contributed by atoms with Crippen LogP contribution in [0.4, 0.5) is 0 Å². The fraction of sp³-hybridized carbons (Fsp3) is 0.571. The minimum Gasteiger partial charge on any atom is -0.330 e. The van der Waals surface area contributed by atoms with Gasteiger partial charge in [0.05, 0.1) is 0 Å². The maximum atomic E-state index is 5.75. The molecule has 0 bridgehead atoms. The summed E-state index contributed by atoms with van der Waals surface area (Å²) in [5, 5.41) is 0. The van der Waals surface area contributed by atoms with Crippen LogP contribution in [0.2, 0.25) is 0 Å². The molecule has 88 valence electrons. The smallest absolute Gasteiger partial charge is 0.00219 e. The van der Waals surface area contributed by atoms with Gasteiger partial charge >= 0.3 is 0 Å². The van der Waals surface area contributed by atoms with E-state index in [0.29, 0.717) is 0 Å². The number of benzene rings is 1. The van der Waals surface area contributed by atoms with Gasteiger partial charge in [0.1, 0.15) is 0 Å². The number of likely N-dealkylation sites (tertiary alicyclic amines) is 1. The Morgan fingerprint density at radius 3 is 2.81 bits per heavy atom. The zero-order valence-electron chi connectivity index (χ0n) is 9.94. The van der Waals surface area contributed by atoms with Gasteiger partial charge in [0.25, 0.3) is 0 Å². The summed E-state index contributed by atoms with van der Waals surface area (Å²) in [4.78, 5) is 2.56. The standard InChI is InChI=1S/C14H22N2/c15-11-14-7-4-9-16(12-14)10-8-13-5-2-1-3-6-13/h1-3,5-6,14H,4,7-12,15H2/t14-/m0/s1. The second-order valence-electron chi connectivity index (χ2n) is 4.78. The first-order valence-corrected chi connectivity index (χ1v) is 6.35. The van der Waals surface area contributed by atoms with E-state index in [1.165, 1.54) is 38.0 Å². The maximum Gasteiger partial charge on any atom is 0.00219 e.